The number of hydrogen-bond acceptors (Lipinski definition) is 5. The first kappa shape index (κ1) is 19.8. The van der Waals surface area contributed by atoms with Crippen molar-refractivity contribution < 1.29 is 9.53 Å². The van der Waals surface area contributed by atoms with Gasteiger partial charge in [-0.2, -0.15) is 5.10 Å². The van der Waals surface area contributed by atoms with Crippen molar-refractivity contribution in [2.24, 2.45) is 0 Å². The highest BCUT2D eigenvalue weighted by molar-refractivity contribution is 7.09. The van der Waals surface area contributed by atoms with E-state index in [1.807, 2.05) is 34.7 Å². The van der Waals surface area contributed by atoms with Crippen molar-refractivity contribution in [3.8, 4) is 5.75 Å². The van der Waals surface area contributed by atoms with Crippen LogP contribution in [0.4, 0.5) is 5.69 Å². The second-order valence-corrected chi connectivity index (χ2v) is 8.93. The summed E-state index contributed by atoms with van der Waals surface area (Å²) in [6.45, 7) is 5.33. The van der Waals surface area contributed by atoms with E-state index in [0.717, 1.165) is 41.0 Å². The van der Waals surface area contributed by atoms with Crippen molar-refractivity contribution >= 4 is 34.0 Å². The number of pyridine rings is 1. The molecule has 0 bridgehead atoms. The molecule has 1 aliphatic heterocycles. The molecular weight excluding hydrogens is 408 g/mol. The molecule has 0 spiro atoms. The lowest BCUT2D eigenvalue weighted by Crippen LogP contribution is -2.36. The summed E-state index contributed by atoms with van der Waals surface area (Å²) in [6.07, 6.45) is 3.64. The molecule has 5 rings (SSSR count). The Balaban J connectivity index is 1.61. The number of ether oxygens (including phenoxy) is 1. The Labute approximate surface area is 185 Å². The van der Waals surface area contributed by atoms with E-state index in [0.29, 0.717) is 18.7 Å². The first-order valence-corrected chi connectivity index (χ1v) is 11.3. The second kappa shape index (κ2) is 7.81. The van der Waals surface area contributed by atoms with E-state index in [2.05, 4.69) is 29.5 Å². The molecule has 0 unspecified atom stereocenters. The molecule has 4 heterocycles. The highest BCUT2D eigenvalue weighted by Gasteiger charge is 2.29. The van der Waals surface area contributed by atoms with Crippen LogP contribution in [-0.4, -0.2) is 34.3 Å². The van der Waals surface area contributed by atoms with Crippen molar-refractivity contribution in [3.05, 3.63) is 69.2 Å². The molecule has 0 atom stereocenters. The molecule has 0 fully saturated rings. The van der Waals surface area contributed by atoms with Crippen LogP contribution in [0.1, 0.15) is 38.5 Å². The normalized spacial score (nSPS) is 13.5. The van der Waals surface area contributed by atoms with Crippen LogP contribution in [0.15, 0.2) is 41.9 Å². The number of carbonyl (C=O) groups is 1. The number of methoxy groups -OCH3 is 1. The third-order valence-corrected chi connectivity index (χ3v) is 6.74. The number of anilines is 1. The molecule has 0 aliphatic carbocycles. The lowest BCUT2D eigenvalue weighted by atomic mass is 9.95. The number of hydrogen-bond donors (Lipinski definition) is 0. The molecule has 0 radical (unpaired) electrons. The summed E-state index contributed by atoms with van der Waals surface area (Å²) in [4.78, 5) is 21.6. The Hall–Kier alpha value is -3.19. The molecule has 6 nitrogen and oxygen atoms in total. The largest absolute Gasteiger partial charge is 0.495 e. The minimum atomic E-state index is -0.0315. The van der Waals surface area contributed by atoms with Gasteiger partial charge in [-0.25, -0.2) is 9.67 Å². The lowest BCUT2D eigenvalue weighted by Gasteiger charge is -2.32. The zero-order chi connectivity index (χ0) is 21.5. The Morgan fingerprint density at radius 3 is 2.90 bits per heavy atom. The summed E-state index contributed by atoms with van der Waals surface area (Å²) in [6, 6.07) is 10.0. The molecule has 4 aromatic rings. The van der Waals surface area contributed by atoms with Gasteiger partial charge in [-0.15, -0.1) is 11.3 Å². The second-order valence-electron chi connectivity index (χ2n) is 7.90. The fourth-order valence-corrected chi connectivity index (χ4v) is 5.07. The maximum Gasteiger partial charge on any atom is 0.259 e. The molecule has 0 saturated carbocycles. The summed E-state index contributed by atoms with van der Waals surface area (Å²) in [7, 11) is 1.66. The summed E-state index contributed by atoms with van der Waals surface area (Å²) >= 11 is 1.69. The number of aryl methyl sites for hydroxylation is 2. The molecular formula is C24H24N4O2S. The van der Waals surface area contributed by atoms with Crippen LogP contribution < -0.4 is 9.64 Å². The number of carbonyl (C=O) groups excluding carboxylic acids is 1. The predicted molar refractivity (Wildman–Crippen MR) is 123 cm³/mol. The first-order chi connectivity index (χ1) is 15.1. The van der Waals surface area contributed by atoms with Gasteiger partial charge in [0.15, 0.2) is 5.65 Å². The topological polar surface area (TPSA) is 60.2 Å². The molecule has 3 aromatic heterocycles. The molecule has 7 heteroatoms. The van der Waals surface area contributed by atoms with Gasteiger partial charge in [-0.05, 0) is 61.4 Å². The van der Waals surface area contributed by atoms with E-state index < -0.39 is 0 Å². The summed E-state index contributed by atoms with van der Waals surface area (Å²) in [5.41, 5.74) is 5.45. The van der Waals surface area contributed by atoms with Gasteiger partial charge < -0.3 is 9.64 Å². The van der Waals surface area contributed by atoms with Crippen LogP contribution in [0.2, 0.25) is 0 Å². The predicted octanol–water partition coefficient (Wildman–Crippen LogP) is 4.76. The van der Waals surface area contributed by atoms with Crippen LogP contribution in [0.3, 0.4) is 0 Å². The zero-order valence-corrected chi connectivity index (χ0v) is 18.7. The van der Waals surface area contributed by atoms with E-state index in [9.17, 15) is 4.79 Å². The van der Waals surface area contributed by atoms with E-state index in [1.165, 1.54) is 16.0 Å². The van der Waals surface area contributed by atoms with Gasteiger partial charge in [0.05, 0.1) is 36.5 Å². The number of benzene rings is 1. The molecule has 1 amide bonds. The fraction of sp³-hybridized carbons (Fsp3) is 0.292. The van der Waals surface area contributed by atoms with Crippen LogP contribution in [0.5, 0.6) is 5.75 Å². The van der Waals surface area contributed by atoms with Gasteiger partial charge in [0.2, 0.25) is 0 Å². The Morgan fingerprint density at radius 1 is 1.26 bits per heavy atom. The Bertz CT molecular complexity index is 1280. The monoisotopic (exact) mass is 432 g/mol. The number of amides is 1. The molecule has 1 aliphatic rings. The third kappa shape index (κ3) is 3.39. The number of nitrogens with zero attached hydrogens (tertiary/aromatic N) is 4. The van der Waals surface area contributed by atoms with Crippen molar-refractivity contribution in [2.75, 3.05) is 18.6 Å². The lowest BCUT2D eigenvalue weighted by molar-refractivity contribution is 0.0985. The maximum absolute atomic E-state index is 13.8. The number of thiophene rings is 1. The van der Waals surface area contributed by atoms with E-state index in [1.54, 1.807) is 24.6 Å². The van der Waals surface area contributed by atoms with Gasteiger partial charge >= 0.3 is 0 Å². The van der Waals surface area contributed by atoms with Gasteiger partial charge in [-0.1, -0.05) is 12.1 Å². The van der Waals surface area contributed by atoms with E-state index in [4.69, 9.17) is 9.72 Å². The molecule has 1 aromatic carbocycles. The van der Waals surface area contributed by atoms with Crippen molar-refractivity contribution in [3.63, 3.8) is 0 Å². The fourth-order valence-electron chi connectivity index (χ4n) is 4.38. The smallest absolute Gasteiger partial charge is 0.259 e. The summed E-state index contributed by atoms with van der Waals surface area (Å²) in [5.74, 6) is 0.708. The highest BCUT2D eigenvalue weighted by Crippen LogP contribution is 2.39. The van der Waals surface area contributed by atoms with Crippen LogP contribution in [-0.2, 0) is 13.0 Å². The first-order valence-electron chi connectivity index (χ1n) is 10.4. The summed E-state index contributed by atoms with van der Waals surface area (Å²) < 4.78 is 7.51. The number of rotatable bonds is 4. The van der Waals surface area contributed by atoms with E-state index >= 15 is 0 Å². The van der Waals surface area contributed by atoms with Crippen molar-refractivity contribution in [1.29, 1.82) is 0 Å². The number of aromatic nitrogens is 3. The minimum Gasteiger partial charge on any atom is -0.495 e. The van der Waals surface area contributed by atoms with Crippen molar-refractivity contribution in [1.82, 2.24) is 14.8 Å². The van der Waals surface area contributed by atoms with Crippen LogP contribution >= 0.6 is 11.3 Å². The molecule has 0 saturated heterocycles. The maximum atomic E-state index is 13.8. The Morgan fingerprint density at radius 2 is 2.13 bits per heavy atom. The highest BCUT2D eigenvalue weighted by atomic mass is 32.1. The quantitative estimate of drug-likeness (QED) is 0.467. The zero-order valence-electron chi connectivity index (χ0n) is 17.9. The minimum absolute atomic E-state index is 0.0315. The standard InChI is InChI=1S/C24H24N4O2S/c1-15-8-9-21(30-3)22-18(15)7-4-10-27(22)24(29)19-12-16(2)26-23-20(19)13-25-28(23)14-17-6-5-11-31-17/h5-6,8-9,11-13H,4,7,10,14H2,1-3H3. The average molecular weight is 433 g/mol. The molecule has 0 N–H and O–H groups in total. The van der Waals surface area contributed by atoms with Gasteiger partial charge in [0.25, 0.3) is 5.91 Å². The van der Waals surface area contributed by atoms with Crippen LogP contribution in [0.25, 0.3) is 11.0 Å². The van der Waals surface area contributed by atoms with Crippen molar-refractivity contribution in [2.45, 2.75) is 33.2 Å². The van der Waals surface area contributed by atoms with Gasteiger partial charge in [-0.3, -0.25) is 4.79 Å². The summed E-state index contributed by atoms with van der Waals surface area (Å²) in [5, 5.41) is 7.39. The van der Waals surface area contributed by atoms with Gasteiger partial charge in [0.1, 0.15) is 5.75 Å². The van der Waals surface area contributed by atoms with Crippen LogP contribution in [0, 0.1) is 13.8 Å². The SMILES string of the molecule is COc1ccc(C)c2c1N(C(=O)c1cc(C)nc3c1cnn3Cc1cccs1)CCC2. The molecule has 158 valence electrons. The molecule has 31 heavy (non-hydrogen) atoms. The third-order valence-electron chi connectivity index (χ3n) is 5.88. The average Bonchev–Trinajstić information content (AvgIpc) is 3.43. The van der Waals surface area contributed by atoms with E-state index in [-0.39, 0.29) is 5.91 Å². The Kier molecular flexibility index (Phi) is 4.98. The van der Waals surface area contributed by atoms with Gasteiger partial charge in [0, 0.05) is 17.1 Å². The number of fused-ring (bicyclic) bond motifs is 2.